The van der Waals surface area contributed by atoms with E-state index < -0.39 is 5.82 Å². The van der Waals surface area contributed by atoms with E-state index in [9.17, 15) is 8.78 Å². The average Bonchev–Trinajstić information content (AvgIpc) is 3.71. The molecule has 1 fully saturated rings. The van der Waals surface area contributed by atoms with Gasteiger partial charge in [-0.2, -0.15) is 14.9 Å². The molecule has 2 aliphatic rings. The monoisotopic (exact) mass is 914 g/mol. The Morgan fingerprint density at radius 3 is 1.98 bits per heavy atom. The molecule has 2 atom stereocenters. The summed E-state index contributed by atoms with van der Waals surface area (Å²) in [5.41, 5.74) is 5.60. The topological polar surface area (TPSA) is 76.3 Å². The van der Waals surface area contributed by atoms with Crippen LogP contribution in [0.15, 0.2) is 65.7 Å². The molecule has 1 saturated heterocycles. The third-order valence-corrected chi connectivity index (χ3v) is 10.1. The first-order valence-corrected chi connectivity index (χ1v) is 17.4. The second-order valence-corrected chi connectivity index (χ2v) is 13.2. The molecule has 5 aromatic rings. The fourth-order valence-electron chi connectivity index (χ4n) is 5.83. The van der Waals surface area contributed by atoms with Gasteiger partial charge in [0.2, 0.25) is 0 Å². The first-order chi connectivity index (χ1) is 24.3. The molecule has 0 aliphatic carbocycles. The molecule has 0 amide bonds. The quantitative estimate of drug-likeness (QED) is 0.120. The lowest BCUT2D eigenvalue weighted by atomic mass is 9.99. The van der Waals surface area contributed by atoms with E-state index in [0.29, 0.717) is 29.2 Å². The van der Waals surface area contributed by atoms with Crippen molar-refractivity contribution in [2.45, 2.75) is 32.0 Å². The van der Waals surface area contributed by atoms with Crippen molar-refractivity contribution in [2.24, 2.45) is 4.99 Å². The Morgan fingerprint density at radius 2 is 1.41 bits per heavy atom. The van der Waals surface area contributed by atoms with E-state index in [1.54, 1.807) is 42.3 Å². The molecule has 0 bridgehead atoms. The number of hydrogen-bond acceptors (Lipinski definition) is 7. The van der Waals surface area contributed by atoms with Gasteiger partial charge in [-0.05, 0) is 111 Å². The van der Waals surface area contributed by atoms with Crippen LogP contribution in [0.1, 0.15) is 36.6 Å². The molecule has 0 saturated carbocycles. The van der Waals surface area contributed by atoms with E-state index in [4.69, 9.17) is 25.0 Å². The Balaban J connectivity index is 0.000000191. The summed E-state index contributed by atoms with van der Waals surface area (Å²) >= 11 is 4.44. The number of aromatic nitrogens is 2. The lowest BCUT2D eigenvalue weighted by molar-refractivity contribution is -0.0368. The minimum absolute atomic E-state index is 0.0790. The van der Waals surface area contributed by atoms with Crippen molar-refractivity contribution in [3.8, 4) is 45.3 Å². The highest BCUT2D eigenvalue weighted by Gasteiger charge is 2.22. The molecule has 8 nitrogen and oxygen atoms in total. The van der Waals surface area contributed by atoms with Crippen LogP contribution in [-0.2, 0) is 11.3 Å². The summed E-state index contributed by atoms with van der Waals surface area (Å²) in [6.45, 7) is 1.38. The maximum atomic E-state index is 14.9. The first-order valence-electron chi connectivity index (χ1n) is 15.8. The van der Waals surface area contributed by atoms with Gasteiger partial charge in [0.05, 0.1) is 41.8 Å². The normalized spacial score (nSPS) is 15.2. The third kappa shape index (κ3) is 7.67. The van der Waals surface area contributed by atoms with Crippen LogP contribution in [-0.4, -0.2) is 49.8 Å². The summed E-state index contributed by atoms with van der Waals surface area (Å²) in [5.74, 6) is 0.648. The fourth-order valence-corrected chi connectivity index (χ4v) is 7.22. The molecule has 7 rings (SSSR count). The highest BCUT2D eigenvalue weighted by Crippen LogP contribution is 2.38. The van der Waals surface area contributed by atoms with Gasteiger partial charge in [0.1, 0.15) is 18.9 Å². The van der Waals surface area contributed by atoms with Crippen molar-refractivity contribution in [1.82, 2.24) is 9.78 Å². The van der Waals surface area contributed by atoms with Crippen molar-refractivity contribution < 1.29 is 32.5 Å². The van der Waals surface area contributed by atoms with Gasteiger partial charge < -0.3 is 23.7 Å². The molecule has 4 aromatic carbocycles. The van der Waals surface area contributed by atoms with Gasteiger partial charge in [-0.15, -0.1) is 0 Å². The van der Waals surface area contributed by atoms with Crippen LogP contribution in [0.2, 0.25) is 0 Å². The zero-order valence-electron chi connectivity index (χ0n) is 28.4. The summed E-state index contributed by atoms with van der Waals surface area (Å²) in [7, 11) is 7.66. The smallest absolute Gasteiger partial charge is 0.173 e. The second kappa shape index (κ2) is 16.3. The Bertz CT molecular complexity index is 2020. The van der Waals surface area contributed by atoms with E-state index in [-0.39, 0.29) is 23.5 Å². The number of nitrogens with zero attached hydrogens (tertiary/aromatic N) is 3. The highest BCUT2D eigenvalue weighted by molar-refractivity contribution is 14.1. The minimum Gasteiger partial charge on any atom is -0.497 e. The number of aliphatic imine (C=N–C) groups is 1. The molecular formula is C36H36F2I2N3O5P. The molecule has 0 N–H and O–H groups in total. The predicted molar refractivity (Wildman–Crippen MR) is 210 cm³/mol. The second-order valence-electron chi connectivity index (χ2n) is 11.1. The van der Waals surface area contributed by atoms with Crippen LogP contribution >= 0.6 is 55.0 Å². The molecular weight excluding hydrogens is 877 g/mol. The number of ether oxygens (including phenoxy) is 5. The van der Waals surface area contributed by atoms with Gasteiger partial charge in [-0.25, -0.2) is 13.5 Å². The summed E-state index contributed by atoms with van der Waals surface area (Å²) in [6.07, 6.45) is 3.04. The summed E-state index contributed by atoms with van der Waals surface area (Å²) in [5, 5.41) is 5.70. The SMILES string of the molecule is COc1cc(OC)c(F)c(-c2ccc3c(I)nn(C4CCCCO4)c3c2)c1.COc1cc(OC)c(F)c(-c2ccc3c(c2)CN=C3I)c1.[2H]P. The van der Waals surface area contributed by atoms with Crippen LogP contribution in [0.4, 0.5) is 8.78 Å². The summed E-state index contributed by atoms with van der Waals surface area (Å²) in [6, 6.07) is 18.1. The molecule has 2 aliphatic heterocycles. The zero-order valence-corrected chi connectivity index (χ0v) is 32.8. The molecule has 0 spiro atoms. The third-order valence-electron chi connectivity index (χ3n) is 8.37. The number of hydrogen-bond donors (Lipinski definition) is 0. The van der Waals surface area contributed by atoms with Crippen LogP contribution < -0.4 is 18.9 Å². The van der Waals surface area contributed by atoms with Gasteiger partial charge in [-0.1, -0.05) is 18.2 Å². The van der Waals surface area contributed by atoms with E-state index in [1.165, 1.54) is 20.3 Å². The molecule has 258 valence electrons. The van der Waals surface area contributed by atoms with Crippen molar-refractivity contribution in [3.05, 3.63) is 87.1 Å². The molecule has 1 aromatic heterocycles. The van der Waals surface area contributed by atoms with E-state index in [0.717, 1.165) is 66.4 Å². The van der Waals surface area contributed by atoms with Crippen molar-refractivity contribution in [3.63, 3.8) is 0 Å². The van der Waals surface area contributed by atoms with Crippen LogP contribution in [0.5, 0.6) is 23.0 Å². The number of halogens is 4. The summed E-state index contributed by atoms with van der Waals surface area (Å²) in [4.78, 5) is 4.39. The largest absolute Gasteiger partial charge is 0.497 e. The minimum atomic E-state index is -0.410. The Kier molecular flexibility index (Phi) is 11.9. The van der Waals surface area contributed by atoms with Crippen molar-refractivity contribution in [1.29, 1.82) is 1.28 Å². The molecule has 0 radical (unpaired) electrons. The molecule has 3 heterocycles. The number of rotatable bonds is 7. The Hall–Kier alpha value is -3.07. The standard InChI is InChI=1S/C20H20FIN2O3.C16H13FINO2.H3P/c1-25-13-10-15(19(21)17(11-13)26-2)12-6-7-14-16(9-12)24(23-20(14)22)18-5-3-4-8-27-18;1-20-11-6-13(15(17)14(7-11)21-2)9-3-4-12-10(5-9)8-19-16(12)18;/h6-7,9-11,18H,3-5,8H2,1-2H3;3-7H,8H2,1-2H3;1H3/i;;1D. The number of fused-ring (bicyclic) bond motifs is 2. The number of benzene rings is 4. The first kappa shape index (κ1) is 35.7. The lowest BCUT2D eigenvalue weighted by Crippen LogP contribution is -2.19. The van der Waals surface area contributed by atoms with Gasteiger partial charge >= 0.3 is 0 Å². The average molecular weight is 914 g/mol. The van der Waals surface area contributed by atoms with E-state index in [1.807, 2.05) is 41.1 Å². The van der Waals surface area contributed by atoms with E-state index >= 15 is 0 Å². The predicted octanol–water partition coefficient (Wildman–Crippen LogP) is 9.43. The van der Waals surface area contributed by atoms with Crippen LogP contribution in [0.3, 0.4) is 0 Å². The fraction of sp³-hybridized carbons (Fsp3) is 0.278. The zero-order chi connectivity index (χ0) is 35.9. The van der Waals surface area contributed by atoms with Gasteiger partial charge in [0, 0.05) is 40.8 Å². The van der Waals surface area contributed by atoms with Gasteiger partial charge in [-0.3, -0.25) is 4.99 Å². The summed E-state index contributed by atoms with van der Waals surface area (Å²) < 4.78 is 65.6. The molecule has 13 heteroatoms. The van der Waals surface area contributed by atoms with Crippen molar-refractivity contribution in [2.75, 3.05) is 35.0 Å². The van der Waals surface area contributed by atoms with Crippen molar-refractivity contribution >= 4 is 69.6 Å². The highest BCUT2D eigenvalue weighted by atomic mass is 127. The van der Waals surface area contributed by atoms with Gasteiger partial charge in [0.15, 0.2) is 29.4 Å². The Morgan fingerprint density at radius 1 is 0.796 bits per heavy atom. The molecule has 2 unspecified atom stereocenters. The number of methoxy groups -OCH3 is 4. The van der Waals surface area contributed by atoms with Gasteiger partial charge in [0.25, 0.3) is 0 Å². The maximum Gasteiger partial charge on any atom is 0.173 e. The maximum absolute atomic E-state index is 14.9. The van der Waals surface area contributed by atoms with Crippen LogP contribution in [0.25, 0.3) is 33.2 Å². The van der Waals surface area contributed by atoms with E-state index in [2.05, 4.69) is 55.3 Å². The lowest BCUT2D eigenvalue weighted by Gasteiger charge is -2.23. The van der Waals surface area contributed by atoms with Crippen LogP contribution in [0, 0.1) is 15.3 Å². The molecule has 49 heavy (non-hydrogen) atoms. The Labute approximate surface area is 315 Å².